The Bertz CT molecular complexity index is 655. The van der Waals surface area contributed by atoms with Crippen LogP contribution in [0.2, 0.25) is 0 Å². The molecule has 0 fully saturated rings. The van der Waals surface area contributed by atoms with Crippen LogP contribution in [0.5, 0.6) is 0 Å². The Morgan fingerprint density at radius 3 is 1.35 bits per heavy atom. The zero-order valence-corrected chi connectivity index (χ0v) is 13.4. The van der Waals surface area contributed by atoms with E-state index in [0.717, 1.165) is 8.47 Å². The van der Waals surface area contributed by atoms with Gasteiger partial charge in [0.25, 0.3) is 0 Å². The molecule has 4 heteroatoms. The number of rotatable bonds is 0. The Balaban J connectivity index is 2.14. The summed E-state index contributed by atoms with van der Waals surface area (Å²) in [4.78, 5) is 0. The summed E-state index contributed by atoms with van der Waals surface area (Å²) in [5, 5.41) is 7.92. The Kier molecular flexibility index (Phi) is 6.01. The van der Waals surface area contributed by atoms with Crippen molar-refractivity contribution in [3.63, 3.8) is 0 Å². The molecule has 0 radical (unpaired) electrons. The fourth-order valence-corrected chi connectivity index (χ4v) is 4.53. The van der Waals surface area contributed by atoms with Crippen molar-refractivity contribution in [3.8, 4) is 48.4 Å². The van der Waals surface area contributed by atoms with E-state index >= 15 is 0 Å². The summed E-state index contributed by atoms with van der Waals surface area (Å²) in [6, 6.07) is 0. The average Bonchev–Trinajstić information content (AvgIpc) is 3.15. The predicted octanol–water partition coefficient (Wildman–Crippen LogP) is 4.59. The summed E-state index contributed by atoms with van der Waals surface area (Å²) in [5.74, 6) is 16.5. The third-order valence-corrected chi connectivity index (χ3v) is 6.21. The van der Waals surface area contributed by atoms with Gasteiger partial charge in [-0.1, -0.05) is 58.9 Å². The normalized spacial score (nSPS) is 14.7. The Labute approximate surface area is 136 Å². The molecular weight excluding hydrogens is 320 g/mol. The summed E-state index contributed by atoms with van der Waals surface area (Å²) < 4.78 is 2.03. The van der Waals surface area contributed by atoms with Crippen LogP contribution in [0.4, 0.5) is 0 Å². The van der Waals surface area contributed by atoms with Crippen molar-refractivity contribution in [3.05, 3.63) is 41.3 Å². The zero-order chi connectivity index (χ0) is 14.2. The number of thioether (sulfide) groups is 4. The fourth-order valence-electron chi connectivity index (χ4n) is 1.13. The lowest BCUT2D eigenvalue weighted by atomic mass is 10.3. The molecule has 0 aliphatic carbocycles. The molecule has 2 aliphatic heterocycles. The minimum atomic E-state index is 0.667. The van der Waals surface area contributed by atoms with Gasteiger partial charge in [0.15, 0.2) is 0 Å². The number of allylic oxidation sites excluding steroid dienone is 2. The maximum atomic E-state index is 5.45. The van der Waals surface area contributed by atoms with Crippen molar-refractivity contribution < 1.29 is 0 Å². The van der Waals surface area contributed by atoms with Gasteiger partial charge < -0.3 is 0 Å². The van der Waals surface area contributed by atoms with Crippen LogP contribution < -0.4 is 0 Å². The Morgan fingerprint density at radius 1 is 0.700 bits per heavy atom. The smallest absolute Gasteiger partial charge is 0.0958 e. The van der Waals surface area contributed by atoms with Gasteiger partial charge in [0.1, 0.15) is 0 Å². The second-order valence-electron chi connectivity index (χ2n) is 3.13. The van der Waals surface area contributed by atoms with Gasteiger partial charge in [-0.25, -0.2) is 0 Å². The minimum Gasteiger partial charge on any atom is -0.114 e. The monoisotopic (exact) mass is 326 g/mol. The van der Waals surface area contributed by atoms with Crippen molar-refractivity contribution >= 4 is 47.0 Å². The van der Waals surface area contributed by atoms with Gasteiger partial charge in [-0.2, -0.15) is 0 Å². The molecule has 0 amide bonds. The van der Waals surface area contributed by atoms with Crippen molar-refractivity contribution in [1.29, 1.82) is 0 Å². The first-order chi connectivity index (χ1) is 9.85. The SMILES string of the molecule is C#CC(C#CC#CC(C#C)=C1SC=CS1)=C1SC=CS1. The van der Waals surface area contributed by atoms with E-state index in [1.807, 2.05) is 21.6 Å². The highest BCUT2D eigenvalue weighted by molar-refractivity contribution is 8.27. The van der Waals surface area contributed by atoms with E-state index in [1.165, 1.54) is 0 Å². The van der Waals surface area contributed by atoms with Crippen molar-refractivity contribution in [1.82, 2.24) is 0 Å². The van der Waals surface area contributed by atoms with Gasteiger partial charge >= 0.3 is 0 Å². The molecule has 2 heterocycles. The molecule has 94 valence electrons. The standard InChI is InChI=1S/C16H6S4/c1-3-13(15-17-9-10-18-15)7-5-6-8-14(4-2)16-19-11-12-20-16/h1-2,9-12H. The quantitative estimate of drug-likeness (QED) is 0.597. The van der Waals surface area contributed by atoms with Crippen LogP contribution in [-0.4, -0.2) is 0 Å². The van der Waals surface area contributed by atoms with E-state index in [-0.39, 0.29) is 0 Å². The largest absolute Gasteiger partial charge is 0.114 e. The maximum Gasteiger partial charge on any atom is 0.0958 e. The molecule has 0 spiro atoms. The van der Waals surface area contributed by atoms with E-state index in [1.54, 1.807) is 47.0 Å². The van der Waals surface area contributed by atoms with E-state index in [2.05, 4.69) is 35.5 Å². The minimum absolute atomic E-state index is 0.667. The Morgan fingerprint density at radius 2 is 1.05 bits per heavy atom. The molecular formula is C16H6S4. The summed E-state index contributed by atoms with van der Waals surface area (Å²) >= 11 is 6.31. The molecule has 0 saturated heterocycles. The molecule has 0 aromatic heterocycles. The molecule has 0 aromatic rings. The molecule has 2 aliphatic rings. The highest BCUT2D eigenvalue weighted by Crippen LogP contribution is 2.40. The molecule has 0 atom stereocenters. The van der Waals surface area contributed by atoms with Crippen LogP contribution in [-0.2, 0) is 0 Å². The molecule has 2 rings (SSSR count). The fraction of sp³-hybridized carbons (Fsp3) is 0. The number of hydrogen-bond donors (Lipinski definition) is 0. The lowest BCUT2D eigenvalue weighted by molar-refractivity contribution is 1.92. The number of hydrogen-bond acceptors (Lipinski definition) is 4. The Hall–Kier alpha value is -1.40. The molecule has 0 saturated carbocycles. The third-order valence-electron chi connectivity index (χ3n) is 1.95. The van der Waals surface area contributed by atoms with Gasteiger partial charge in [0.05, 0.1) is 19.6 Å². The van der Waals surface area contributed by atoms with E-state index in [4.69, 9.17) is 12.8 Å². The van der Waals surface area contributed by atoms with E-state index in [9.17, 15) is 0 Å². The van der Waals surface area contributed by atoms with Crippen molar-refractivity contribution in [2.24, 2.45) is 0 Å². The zero-order valence-electron chi connectivity index (χ0n) is 10.1. The first-order valence-corrected chi connectivity index (χ1v) is 8.77. The van der Waals surface area contributed by atoms with Crippen LogP contribution >= 0.6 is 47.0 Å². The van der Waals surface area contributed by atoms with Crippen molar-refractivity contribution in [2.75, 3.05) is 0 Å². The first kappa shape index (κ1) is 15.0. The predicted molar refractivity (Wildman–Crippen MR) is 95.9 cm³/mol. The van der Waals surface area contributed by atoms with Gasteiger partial charge in [-0.15, -0.1) is 12.8 Å². The average molecular weight is 326 g/mol. The summed E-state index contributed by atoms with van der Waals surface area (Å²) in [7, 11) is 0. The van der Waals surface area contributed by atoms with Gasteiger partial charge in [0.2, 0.25) is 0 Å². The van der Waals surface area contributed by atoms with Gasteiger partial charge in [0, 0.05) is 0 Å². The third kappa shape index (κ3) is 4.05. The van der Waals surface area contributed by atoms with E-state index in [0.29, 0.717) is 11.1 Å². The highest BCUT2D eigenvalue weighted by Gasteiger charge is 2.07. The molecule has 0 unspecified atom stereocenters. The molecule has 0 bridgehead atoms. The lowest BCUT2D eigenvalue weighted by Crippen LogP contribution is -1.76. The second kappa shape index (κ2) is 8.01. The summed E-state index contributed by atoms with van der Waals surface area (Å²) in [5.41, 5.74) is 1.33. The first-order valence-electron chi connectivity index (χ1n) is 5.25. The summed E-state index contributed by atoms with van der Waals surface area (Å²) in [6.07, 6.45) is 10.9. The lowest BCUT2D eigenvalue weighted by Gasteiger charge is -1.93. The van der Waals surface area contributed by atoms with Crippen LogP contribution in [0.1, 0.15) is 0 Å². The topological polar surface area (TPSA) is 0 Å². The van der Waals surface area contributed by atoms with E-state index < -0.39 is 0 Å². The second-order valence-corrected chi connectivity index (χ2v) is 7.31. The van der Waals surface area contributed by atoms with Crippen LogP contribution in [0, 0.1) is 48.4 Å². The van der Waals surface area contributed by atoms with Crippen molar-refractivity contribution in [2.45, 2.75) is 0 Å². The molecule has 0 N–H and O–H groups in total. The van der Waals surface area contributed by atoms with Crippen LogP contribution in [0.3, 0.4) is 0 Å². The van der Waals surface area contributed by atoms with Gasteiger partial charge in [-0.3, -0.25) is 0 Å². The highest BCUT2D eigenvalue weighted by atomic mass is 32.2. The molecule has 20 heavy (non-hydrogen) atoms. The van der Waals surface area contributed by atoms with Crippen LogP contribution in [0.25, 0.3) is 0 Å². The summed E-state index contributed by atoms with van der Waals surface area (Å²) in [6.45, 7) is 0. The van der Waals surface area contributed by atoms with Crippen LogP contribution in [0.15, 0.2) is 41.3 Å². The molecule has 0 nitrogen and oxygen atoms in total. The maximum absolute atomic E-state index is 5.45. The van der Waals surface area contributed by atoms with Gasteiger partial charge in [-0.05, 0) is 45.3 Å². The number of terminal acetylenes is 2. The molecule has 0 aromatic carbocycles.